The molecule has 1 N–H and O–H groups in total. The molecule has 0 aromatic rings. The molecular weight excluding hydrogens is 262 g/mol. The summed E-state index contributed by atoms with van der Waals surface area (Å²) in [6.45, 7) is 4.95. The summed E-state index contributed by atoms with van der Waals surface area (Å²) in [5.74, 6) is -1.62. The van der Waals surface area contributed by atoms with Gasteiger partial charge < -0.3 is 19.5 Å². The molecule has 0 aromatic carbocycles. The van der Waals surface area contributed by atoms with Gasteiger partial charge in [-0.1, -0.05) is 6.92 Å². The quantitative estimate of drug-likeness (QED) is 0.812. The van der Waals surface area contributed by atoms with Crippen molar-refractivity contribution in [3.05, 3.63) is 0 Å². The van der Waals surface area contributed by atoms with Crippen LogP contribution in [0.3, 0.4) is 0 Å². The second-order valence-electron chi connectivity index (χ2n) is 5.59. The molecule has 1 amide bonds. The van der Waals surface area contributed by atoms with Gasteiger partial charge in [-0.15, -0.1) is 0 Å². The highest BCUT2D eigenvalue weighted by Crippen LogP contribution is 2.26. The van der Waals surface area contributed by atoms with Gasteiger partial charge in [-0.05, 0) is 26.2 Å². The van der Waals surface area contributed by atoms with Crippen LogP contribution in [0.1, 0.15) is 33.1 Å². The van der Waals surface area contributed by atoms with Crippen molar-refractivity contribution in [1.29, 1.82) is 0 Å². The van der Waals surface area contributed by atoms with E-state index in [1.54, 1.807) is 4.90 Å². The molecule has 2 fully saturated rings. The predicted molar refractivity (Wildman–Crippen MR) is 71.3 cm³/mol. The molecule has 6 heteroatoms. The minimum absolute atomic E-state index is 0.0852. The van der Waals surface area contributed by atoms with Crippen LogP contribution in [-0.4, -0.2) is 59.9 Å². The summed E-state index contributed by atoms with van der Waals surface area (Å²) in [6, 6.07) is -0.376. The minimum Gasteiger partial charge on any atom is -0.481 e. The second-order valence-corrected chi connectivity index (χ2v) is 5.59. The van der Waals surface area contributed by atoms with Crippen LogP contribution in [0.25, 0.3) is 0 Å². The Labute approximate surface area is 119 Å². The maximum absolute atomic E-state index is 12.6. The highest BCUT2D eigenvalue weighted by atomic mass is 16.5. The maximum Gasteiger partial charge on any atom is 0.311 e. The van der Waals surface area contributed by atoms with Crippen LogP contribution in [0, 0.1) is 5.92 Å². The van der Waals surface area contributed by atoms with E-state index in [1.807, 2.05) is 13.8 Å². The van der Waals surface area contributed by atoms with Gasteiger partial charge >= 0.3 is 5.97 Å². The van der Waals surface area contributed by atoms with Crippen LogP contribution >= 0.6 is 0 Å². The first kappa shape index (κ1) is 15.3. The Morgan fingerprint density at radius 1 is 1.30 bits per heavy atom. The van der Waals surface area contributed by atoms with Crippen molar-refractivity contribution in [3.8, 4) is 0 Å². The lowest BCUT2D eigenvalue weighted by Crippen LogP contribution is -2.50. The largest absolute Gasteiger partial charge is 0.481 e. The molecule has 2 heterocycles. The van der Waals surface area contributed by atoms with Crippen LogP contribution in [-0.2, 0) is 19.1 Å². The average molecular weight is 285 g/mol. The van der Waals surface area contributed by atoms with E-state index >= 15 is 0 Å². The van der Waals surface area contributed by atoms with Gasteiger partial charge in [-0.2, -0.15) is 0 Å². The van der Waals surface area contributed by atoms with Crippen molar-refractivity contribution in [2.75, 3.05) is 19.8 Å². The highest BCUT2D eigenvalue weighted by molar-refractivity contribution is 5.82. The summed E-state index contributed by atoms with van der Waals surface area (Å²) in [7, 11) is 0. The molecule has 6 nitrogen and oxygen atoms in total. The molecule has 2 aliphatic heterocycles. The molecule has 0 aliphatic carbocycles. The number of amides is 1. The van der Waals surface area contributed by atoms with Gasteiger partial charge in [0.1, 0.15) is 12.0 Å². The molecule has 114 valence electrons. The van der Waals surface area contributed by atoms with E-state index in [-0.39, 0.29) is 24.7 Å². The zero-order valence-corrected chi connectivity index (χ0v) is 12.1. The smallest absolute Gasteiger partial charge is 0.311 e. The Morgan fingerprint density at radius 2 is 2.05 bits per heavy atom. The summed E-state index contributed by atoms with van der Waals surface area (Å²) in [6.07, 6.45) is 2.05. The van der Waals surface area contributed by atoms with Gasteiger partial charge in [0, 0.05) is 6.54 Å². The summed E-state index contributed by atoms with van der Waals surface area (Å²) >= 11 is 0. The van der Waals surface area contributed by atoms with E-state index in [9.17, 15) is 14.7 Å². The third kappa shape index (κ3) is 3.12. The number of ether oxygens (including phenoxy) is 2. The number of rotatable bonds is 5. The fraction of sp³-hybridized carbons (Fsp3) is 0.857. The normalized spacial score (nSPS) is 33.3. The van der Waals surface area contributed by atoms with Gasteiger partial charge in [0.05, 0.1) is 25.4 Å². The van der Waals surface area contributed by atoms with Crippen LogP contribution in [0.5, 0.6) is 0 Å². The standard InChI is InChI=1S/C14H23NO5/c1-3-6-15(11-8-19-7-10(11)14(17)18)13(16)12-5-4-9(2)20-12/h9-12H,3-8H2,1-2H3,(H,17,18). The Kier molecular flexibility index (Phi) is 4.99. The van der Waals surface area contributed by atoms with Gasteiger partial charge in [0.2, 0.25) is 0 Å². The summed E-state index contributed by atoms with van der Waals surface area (Å²) in [4.78, 5) is 25.5. The van der Waals surface area contributed by atoms with Crippen LogP contribution in [0.15, 0.2) is 0 Å². The molecule has 4 unspecified atom stereocenters. The van der Waals surface area contributed by atoms with Crippen LogP contribution < -0.4 is 0 Å². The van der Waals surface area contributed by atoms with Crippen LogP contribution in [0.4, 0.5) is 0 Å². The fourth-order valence-electron chi connectivity index (χ4n) is 2.94. The Hall–Kier alpha value is -1.14. The summed E-state index contributed by atoms with van der Waals surface area (Å²) in [5.41, 5.74) is 0. The summed E-state index contributed by atoms with van der Waals surface area (Å²) < 4.78 is 10.9. The Balaban J connectivity index is 2.09. The van der Waals surface area contributed by atoms with Crippen molar-refractivity contribution in [2.45, 2.75) is 51.4 Å². The van der Waals surface area contributed by atoms with Gasteiger partial charge in [-0.25, -0.2) is 0 Å². The number of carboxylic acids is 1. The second kappa shape index (κ2) is 6.54. The van der Waals surface area contributed by atoms with Gasteiger partial charge in [0.15, 0.2) is 0 Å². The van der Waals surface area contributed by atoms with Crippen molar-refractivity contribution in [3.63, 3.8) is 0 Å². The molecule has 2 rings (SSSR count). The maximum atomic E-state index is 12.6. The summed E-state index contributed by atoms with van der Waals surface area (Å²) in [5, 5.41) is 9.24. The molecule has 20 heavy (non-hydrogen) atoms. The van der Waals surface area contributed by atoms with Crippen molar-refractivity contribution < 1.29 is 24.2 Å². The lowest BCUT2D eigenvalue weighted by Gasteiger charge is -2.32. The number of aliphatic carboxylic acids is 1. The van der Waals surface area contributed by atoms with E-state index in [0.717, 1.165) is 12.8 Å². The van der Waals surface area contributed by atoms with Crippen molar-refractivity contribution in [1.82, 2.24) is 4.90 Å². The molecule has 0 aromatic heterocycles. The zero-order valence-electron chi connectivity index (χ0n) is 12.1. The molecule has 2 aliphatic rings. The number of carbonyl (C=O) groups is 2. The fourth-order valence-corrected chi connectivity index (χ4v) is 2.94. The molecule has 0 spiro atoms. The first-order valence-corrected chi connectivity index (χ1v) is 7.31. The van der Waals surface area contributed by atoms with Gasteiger partial charge in [-0.3, -0.25) is 9.59 Å². The number of carbonyl (C=O) groups excluding carboxylic acids is 1. The average Bonchev–Trinajstić information content (AvgIpc) is 3.03. The van der Waals surface area contributed by atoms with Crippen LogP contribution in [0.2, 0.25) is 0 Å². The van der Waals surface area contributed by atoms with Gasteiger partial charge in [0.25, 0.3) is 5.91 Å². The van der Waals surface area contributed by atoms with Crippen molar-refractivity contribution >= 4 is 11.9 Å². The Bertz CT molecular complexity index is 373. The lowest BCUT2D eigenvalue weighted by molar-refractivity contribution is -0.149. The van der Waals surface area contributed by atoms with E-state index in [1.165, 1.54) is 0 Å². The van der Waals surface area contributed by atoms with E-state index < -0.39 is 18.0 Å². The number of hydrogen-bond donors (Lipinski definition) is 1. The monoisotopic (exact) mass is 285 g/mol. The third-order valence-electron chi connectivity index (χ3n) is 4.02. The molecule has 0 radical (unpaired) electrons. The molecule has 0 saturated carbocycles. The topological polar surface area (TPSA) is 76.1 Å². The third-order valence-corrected chi connectivity index (χ3v) is 4.02. The number of nitrogens with zero attached hydrogens (tertiary/aromatic N) is 1. The molecule has 4 atom stereocenters. The predicted octanol–water partition coefficient (Wildman–Crippen LogP) is 0.892. The van der Waals surface area contributed by atoms with E-state index in [2.05, 4.69) is 0 Å². The Morgan fingerprint density at radius 3 is 2.60 bits per heavy atom. The molecule has 2 saturated heterocycles. The van der Waals surface area contributed by atoms with E-state index in [0.29, 0.717) is 19.6 Å². The zero-order chi connectivity index (χ0) is 14.7. The number of carboxylic acid groups (broad SMARTS) is 1. The highest BCUT2D eigenvalue weighted by Gasteiger charge is 2.42. The minimum atomic E-state index is -0.901. The number of hydrogen-bond acceptors (Lipinski definition) is 4. The molecular formula is C14H23NO5. The lowest BCUT2D eigenvalue weighted by atomic mass is 10.0. The first-order chi connectivity index (χ1) is 9.54. The molecule has 0 bridgehead atoms. The first-order valence-electron chi connectivity index (χ1n) is 7.31. The van der Waals surface area contributed by atoms with Crippen molar-refractivity contribution in [2.24, 2.45) is 5.92 Å². The SMILES string of the molecule is CCCN(C(=O)C1CCC(C)O1)C1COCC1C(=O)O. The van der Waals surface area contributed by atoms with E-state index in [4.69, 9.17) is 9.47 Å².